The maximum absolute atomic E-state index is 12.1. The third-order valence-electron chi connectivity index (χ3n) is 4.99. The Morgan fingerprint density at radius 2 is 1.32 bits per heavy atom. The van der Waals surface area contributed by atoms with Crippen LogP contribution in [0.1, 0.15) is 22.5 Å². The average molecular weight is 329 g/mol. The van der Waals surface area contributed by atoms with E-state index in [1.165, 1.54) is 0 Å². The number of aromatic nitrogens is 2. The molecule has 0 aliphatic carbocycles. The lowest BCUT2D eigenvalue weighted by Crippen LogP contribution is -2.34. The lowest BCUT2D eigenvalue weighted by Gasteiger charge is -2.27. The van der Waals surface area contributed by atoms with E-state index < -0.39 is 5.60 Å². The van der Waals surface area contributed by atoms with Gasteiger partial charge in [-0.25, -0.2) is 4.57 Å². The quantitative estimate of drug-likeness (QED) is 0.574. The van der Waals surface area contributed by atoms with Gasteiger partial charge in [-0.05, 0) is 17.2 Å². The van der Waals surface area contributed by atoms with Crippen molar-refractivity contribution in [3.63, 3.8) is 0 Å². The standard InChI is InChI=1S/C22H21N2O/c1-17-21(24-16-10-9-15-20(24)23(17)2)22(25,18-11-5-3-6-12-18)19-13-7-4-8-14-19/h3-16,25H,1-2H3/q+1. The molecule has 0 radical (unpaired) electrons. The molecule has 0 saturated heterocycles. The van der Waals surface area contributed by atoms with Gasteiger partial charge in [0.15, 0.2) is 11.3 Å². The van der Waals surface area contributed by atoms with Gasteiger partial charge >= 0.3 is 0 Å². The molecule has 0 atom stereocenters. The normalized spacial score (nSPS) is 11.8. The van der Waals surface area contributed by atoms with Crippen molar-refractivity contribution in [2.45, 2.75) is 12.5 Å². The molecule has 2 aromatic heterocycles. The van der Waals surface area contributed by atoms with Crippen LogP contribution in [0.25, 0.3) is 5.65 Å². The van der Waals surface area contributed by atoms with E-state index in [-0.39, 0.29) is 0 Å². The molecule has 3 nitrogen and oxygen atoms in total. The van der Waals surface area contributed by atoms with Crippen LogP contribution in [0, 0.1) is 6.92 Å². The Bertz CT molecular complexity index is 981. The van der Waals surface area contributed by atoms with E-state index in [1.807, 2.05) is 86.0 Å². The lowest BCUT2D eigenvalue weighted by molar-refractivity contribution is -0.651. The van der Waals surface area contributed by atoms with E-state index >= 15 is 0 Å². The molecule has 0 bridgehead atoms. The summed E-state index contributed by atoms with van der Waals surface area (Å²) in [5, 5.41) is 12.1. The summed E-state index contributed by atoms with van der Waals surface area (Å²) in [5.74, 6) is 0. The highest BCUT2D eigenvalue weighted by Crippen LogP contribution is 2.37. The van der Waals surface area contributed by atoms with Crippen LogP contribution in [0.2, 0.25) is 0 Å². The number of aliphatic hydroxyl groups is 1. The van der Waals surface area contributed by atoms with Crippen molar-refractivity contribution in [2.24, 2.45) is 7.05 Å². The number of pyridine rings is 1. The Balaban J connectivity index is 2.13. The molecule has 4 aromatic rings. The van der Waals surface area contributed by atoms with Crippen LogP contribution < -0.4 is 4.57 Å². The average Bonchev–Trinajstić information content (AvgIpc) is 2.94. The number of rotatable bonds is 3. The first-order valence-electron chi connectivity index (χ1n) is 8.43. The molecule has 0 aliphatic rings. The number of hydrogen-bond donors (Lipinski definition) is 1. The Kier molecular flexibility index (Phi) is 3.66. The number of imidazole rings is 1. The monoisotopic (exact) mass is 329 g/mol. The Labute approximate surface area is 147 Å². The van der Waals surface area contributed by atoms with Crippen LogP contribution in [-0.4, -0.2) is 9.51 Å². The fourth-order valence-corrected chi connectivity index (χ4v) is 3.64. The number of nitrogens with zero attached hydrogens (tertiary/aromatic N) is 2. The van der Waals surface area contributed by atoms with Crippen molar-refractivity contribution in [1.29, 1.82) is 0 Å². The molecule has 0 unspecified atom stereocenters. The van der Waals surface area contributed by atoms with Crippen molar-refractivity contribution in [3.05, 3.63) is 108 Å². The van der Waals surface area contributed by atoms with Crippen LogP contribution in [0.5, 0.6) is 0 Å². The maximum Gasteiger partial charge on any atom is 0.286 e. The van der Waals surface area contributed by atoms with Gasteiger partial charge in [0.2, 0.25) is 0 Å². The van der Waals surface area contributed by atoms with Gasteiger partial charge in [-0.15, -0.1) is 0 Å². The van der Waals surface area contributed by atoms with Crippen molar-refractivity contribution in [2.75, 3.05) is 0 Å². The molecular formula is C22H21N2O+. The summed E-state index contributed by atoms with van der Waals surface area (Å²) in [4.78, 5) is 0. The summed E-state index contributed by atoms with van der Waals surface area (Å²) >= 11 is 0. The van der Waals surface area contributed by atoms with Crippen LogP contribution in [0.3, 0.4) is 0 Å². The zero-order valence-corrected chi connectivity index (χ0v) is 14.4. The molecule has 0 saturated carbocycles. The molecule has 3 heteroatoms. The maximum atomic E-state index is 12.1. The number of fused-ring (bicyclic) bond motifs is 1. The van der Waals surface area contributed by atoms with Gasteiger partial charge in [0, 0.05) is 13.0 Å². The van der Waals surface area contributed by atoms with Crippen LogP contribution >= 0.6 is 0 Å². The molecule has 0 fully saturated rings. The minimum Gasteiger partial charge on any atom is -0.373 e. The summed E-state index contributed by atoms with van der Waals surface area (Å²) < 4.78 is 4.20. The van der Waals surface area contributed by atoms with Gasteiger partial charge < -0.3 is 5.11 Å². The molecule has 2 heterocycles. The van der Waals surface area contributed by atoms with E-state index in [2.05, 4.69) is 22.0 Å². The Morgan fingerprint density at radius 3 is 1.88 bits per heavy atom. The minimum absolute atomic E-state index is 0.855. The van der Waals surface area contributed by atoms with E-state index in [0.29, 0.717) is 0 Å². The predicted molar refractivity (Wildman–Crippen MR) is 98.3 cm³/mol. The van der Waals surface area contributed by atoms with Crippen LogP contribution in [0.15, 0.2) is 85.1 Å². The summed E-state index contributed by atoms with van der Waals surface area (Å²) in [6.45, 7) is 2.05. The third kappa shape index (κ3) is 2.28. The molecule has 0 aliphatic heterocycles. The van der Waals surface area contributed by atoms with E-state index in [4.69, 9.17) is 0 Å². The molecule has 0 spiro atoms. The topological polar surface area (TPSA) is 28.5 Å². The smallest absolute Gasteiger partial charge is 0.286 e. The van der Waals surface area contributed by atoms with Gasteiger partial charge in [0.05, 0.1) is 13.2 Å². The molecule has 4 rings (SSSR count). The highest BCUT2D eigenvalue weighted by molar-refractivity contribution is 5.49. The summed E-state index contributed by atoms with van der Waals surface area (Å²) in [5.41, 5.74) is 3.41. The molecular weight excluding hydrogens is 308 g/mol. The summed E-state index contributed by atoms with van der Waals surface area (Å²) in [6, 6.07) is 25.8. The minimum atomic E-state index is -1.24. The molecule has 0 amide bonds. The van der Waals surface area contributed by atoms with Gasteiger partial charge in [0.25, 0.3) is 5.65 Å². The van der Waals surface area contributed by atoms with Gasteiger partial charge in [-0.3, -0.25) is 0 Å². The molecule has 124 valence electrons. The highest BCUT2D eigenvalue weighted by atomic mass is 16.3. The molecule has 25 heavy (non-hydrogen) atoms. The number of benzene rings is 2. The second-order valence-corrected chi connectivity index (χ2v) is 6.36. The zero-order chi connectivity index (χ0) is 17.4. The van der Waals surface area contributed by atoms with Gasteiger partial charge in [-0.2, -0.15) is 4.40 Å². The Morgan fingerprint density at radius 1 is 0.800 bits per heavy atom. The number of hydrogen-bond acceptors (Lipinski definition) is 1. The SMILES string of the molecule is Cc1c(C(O)(c2ccccc2)c2ccccc2)n2ccccc2[n+]1C. The first kappa shape index (κ1) is 15.6. The summed E-state index contributed by atoms with van der Waals surface area (Å²) in [7, 11) is 2.03. The van der Waals surface area contributed by atoms with Crippen molar-refractivity contribution in [1.82, 2.24) is 4.40 Å². The Hall–Kier alpha value is -2.91. The van der Waals surface area contributed by atoms with Crippen LogP contribution in [0.4, 0.5) is 0 Å². The molecule has 2 aromatic carbocycles. The third-order valence-corrected chi connectivity index (χ3v) is 4.99. The van der Waals surface area contributed by atoms with Crippen molar-refractivity contribution in [3.8, 4) is 0 Å². The fourth-order valence-electron chi connectivity index (χ4n) is 3.64. The largest absolute Gasteiger partial charge is 0.373 e. The van der Waals surface area contributed by atoms with Gasteiger partial charge in [0.1, 0.15) is 5.69 Å². The van der Waals surface area contributed by atoms with E-state index in [1.54, 1.807) is 0 Å². The second kappa shape index (κ2) is 5.87. The predicted octanol–water partition coefficient (Wildman–Crippen LogP) is 3.36. The van der Waals surface area contributed by atoms with Crippen molar-refractivity contribution < 1.29 is 9.67 Å². The van der Waals surface area contributed by atoms with Crippen LogP contribution in [-0.2, 0) is 12.6 Å². The molecule has 1 N–H and O–H groups in total. The van der Waals surface area contributed by atoms with Crippen molar-refractivity contribution >= 4 is 5.65 Å². The van der Waals surface area contributed by atoms with Gasteiger partial charge in [-0.1, -0.05) is 66.7 Å². The summed E-state index contributed by atoms with van der Waals surface area (Å²) in [6.07, 6.45) is 2.01. The highest BCUT2D eigenvalue weighted by Gasteiger charge is 2.43. The van der Waals surface area contributed by atoms with E-state index in [9.17, 15) is 5.11 Å². The lowest BCUT2D eigenvalue weighted by atomic mass is 9.82. The number of aryl methyl sites for hydroxylation is 1. The zero-order valence-electron chi connectivity index (χ0n) is 14.4. The van der Waals surface area contributed by atoms with E-state index in [0.717, 1.165) is 28.2 Å². The first-order valence-corrected chi connectivity index (χ1v) is 8.43. The fraction of sp³-hybridized carbons (Fsp3) is 0.136. The first-order chi connectivity index (χ1) is 12.1. The second-order valence-electron chi connectivity index (χ2n) is 6.36.